The maximum atomic E-state index is 15.1. The van der Waals surface area contributed by atoms with Gasteiger partial charge in [-0.2, -0.15) is 0 Å². The first kappa shape index (κ1) is 25.9. The maximum absolute atomic E-state index is 15.1. The van der Waals surface area contributed by atoms with E-state index in [0.717, 1.165) is 12.0 Å². The predicted molar refractivity (Wildman–Crippen MR) is 141 cm³/mol. The molecule has 0 aromatic heterocycles. The quantitative estimate of drug-likeness (QED) is 0.144. The van der Waals surface area contributed by atoms with E-state index in [0.29, 0.717) is 29.7 Å². The standard InChI is InChI=1S/C32H26F4O2/c1-2-3-27(37)22-12-10-21(11-13-22)25-17-16-24(30(34)31(25)35)20-7-4-19(5-8-20)6-9-23-14-15-26(28-18-38-28)32(36)29(23)33/h4-17,27-28,37H,2-3,18H2,1H3/b9-6+. The van der Waals surface area contributed by atoms with E-state index in [1.807, 2.05) is 6.92 Å². The molecule has 1 fully saturated rings. The summed E-state index contributed by atoms with van der Waals surface area (Å²) in [7, 11) is 0. The zero-order chi connectivity index (χ0) is 26.8. The Balaban J connectivity index is 1.34. The second-order valence-corrected chi connectivity index (χ2v) is 9.36. The second-order valence-electron chi connectivity index (χ2n) is 9.36. The van der Waals surface area contributed by atoms with Gasteiger partial charge in [0, 0.05) is 22.3 Å². The van der Waals surface area contributed by atoms with Gasteiger partial charge < -0.3 is 9.84 Å². The molecule has 1 heterocycles. The summed E-state index contributed by atoms with van der Waals surface area (Å²) in [6.45, 7) is 2.37. The first-order valence-electron chi connectivity index (χ1n) is 12.5. The van der Waals surface area contributed by atoms with Gasteiger partial charge in [-0.05, 0) is 28.7 Å². The number of ether oxygens (including phenoxy) is 1. The van der Waals surface area contributed by atoms with Crippen LogP contribution in [0.15, 0.2) is 72.8 Å². The van der Waals surface area contributed by atoms with E-state index in [2.05, 4.69) is 0 Å². The summed E-state index contributed by atoms with van der Waals surface area (Å²) in [5.74, 6) is -3.75. The minimum atomic E-state index is -0.960. The van der Waals surface area contributed by atoms with Crippen molar-refractivity contribution in [2.75, 3.05) is 6.61 Å². The van der Waals surface area contributed by atoms with Crippen molar-refractivity contribution in [1.29, 1.82) is 0 Å². The summed E-state index contributed by atoms with van der Waals surface area (Å²) in [5.41, 5.74) is 2.99. The van der Waals surface area contributed by atoms with Gasteiger partial charge in [0.15, 0.2) is 23.3 Å². The highest BCUT2D eigenvalue weighted by Gasteiger charge is 2.29. The van der Waals surface area contributed by atoms with Gasteiger partial charge in [-0.3, -0.25) is 0 Å². The topological polar surface area (TPSA) is 32.8 Å². The van der Waals surface area contributed by atoms with Gasteiger partial charge in [0.05, 0.1) is 12.7 Å². The smallest absolute Gasteiger partial charge is 0.167 e. The largest absolute Gasteiger partial charge is 0.388 e. The maximum Gasteiger partial charge on any atom is 0.167 e. The number of rotatable bonds is 8. The summed E-state index contributed by atoms with van der Waals surface area (Å²) >= 11 is 0. The van der Waals surface area contributed by atoms with Crippen molar-refractivity contribution >= 4 is 12.2 Å². The third kappa shape index (κ3) is 5.28. The van der Waals surface area contributed by atoms with Gasteiger partial charge in [-0.25, -0.2) is 17.6 Å². The molecule has 1 saturated heterocycles. The zero-order valence-corrected chi connectivity index (χ0v) is 20.7. The lowest BCUT2D eigenvalue weighted by molar-refractivity contribution is 0.166. The Morgan fingerprint density at radius 2 is 1.34 bits per heavy atom. The lowest BCUT2D eigenvalue weighted by atomic mass is 9.96. The molecule has 2 unspecified atom stereocenters. The minimum Gasteiger partial charge on any atom is -0.388 e. The summed E-state index contributed by atoms with van der Waals surface area (Å²) in [4.78, 5) is 0. The van der Waals surface area contributed by atoms with Crippen LogP contribution in [-0.4, -0.2) is 11.7 Å². The van der Waals surface area contributed by atoms with Gasteiger partial charge in [-0.15, -0.1) is 0 Å². The van der Waals surface area contributed by atoms with Gasteiger partial charge in [0.2, 0.25) is 0 Å². The summed E-state index contributed by atoms with van der Waals surface area (Å²) in [5, 5.41) is 10.1. The van der Waals surface area contributed by atoms with Crippen molar-refractivity contribution in [2.45, 2.75) is 32.0 Å². The molecular formula is C32H26F4O2. The van der Waals surface area contributed by atoms with Gasteiger partial charge in [0.1, 0.15) is 6.10 Å². The van der Waals surface area contributed by atoms with Crippen molar-refractivity contribution in [3.05, 3.63) is 118 Å². The Bertz CT molecular complexity index is 1470. The first-order valence-corrected chi connectivity index (χ1v) is 12.5. The van der Waals surface area contributed by atoms with Crippen molar-refractivity contribution in [3.63, 3.8) is 0 Å². The monoisotopic (exact) mass is 518 g/mol. The summed E-state index contributed by atoms with van der Waals surface area (Å²) in [6.07, 6.45) is 3.59. The van der Waals surface area contributed by atoms with Crippen LogP contribution in [-0.2, 0) is 4.74 Å². The first-order chi connectivity index (χ1) is 18.4. The van der Waals surface area contributed by atoms with Crippen molar-refractivity contribution in [3.8, 4) is 22.3 Å². The van der Waals surface area contributed by atoms with Crippen LogP contribution in [0.2, 0.25) is 0 Å². The molecule has 0 amide bonds. The van der Waals surface area contributed by atoms with E-state index in [-0.39, 0.29) is 28.4 Å². The van der Waals surface area contributed by atoms with Gasteiger partial charge >= 0.3 is 0 Å². The Kier molecular flexibility index (Phi) is 7.45. The van der Waals surface area contributed by atoms with E-state index >= 15 is 8.78 Å². The van der Waals surface area contributed by atoms with Gasteiger partial charge in [-0.1, -0.05) is 98.3 Å². The second kappa shape index (κ2) is 10.9. The lowest BCUT2D eigenvalue weighted by Gasteiger charge is -2.12. The van der Waals surface area contributed by atoms with Crippen molar-refractivity contribution in [1.82, 2.24) is 0 Å². The highest BCUT2D eigenvalue weighted by Crippen LogP contribution is 2.34. The van der Waals surface area contributed by atoms with Crippen LogP contribution in [0, 0.1) is 23.3 Å². The Morgan fingerprint density at radius 3 is 1.89 bits per heavy atom. The number of epoxide rings is 1. The Morgan fingerprint density at radius 1 is 0.763 bits per heavy atom. The normalized spacial score (nSPS) is 15.7. The predicted octanol–water partition coefficient (Wildman–Crippen LogP) is 8.65. The molecule has 194 valence electrons. The highest BCUT2D eigenvalue weighted by molar-refractivity contribution is 5.75. The van der Waals surface area contributed by atoms with E-state index in [1.165, 1.54) is 30.3 Å². The molecule has 5 rings (SSSR count). The molecule has 0 saturated carbocycles. The SMILES string of the molecule is CCCC(O)c1ccc(-c2ccc(-c3ccc(/C=C/c4ccc(C5CO5)c(F)c4F)cc3)c(F)c2F)cc1. The minimum absolute atomic E-state index is 0.104. The molecule has 0 spiro atoms. The lowest BCUT2D eigenvalue weighted by Crippen LogP contribution is -1.97. The highest BCUT2D eigenvalue weighted by atomic mass is 19.2. The van der Waals surface area contributed by atoms with Crippen LogP contribution in [0.5, 0.6) is 0 Å². The fourth-order valence-corrected chi connectivity index (χ4v) is 4.46. The number of hydrogen-bond acceptors (Lipinski definition) is 2. The average Bonchev–Trinajstić information content (AvgIpc) is 3.77. The summed E-state index contributed by atoms with van der Waals surface area (Å²) < 4.78 is 63.8. The molecule has 1 aliphatic heterocycles. The Hall–Kier alpha value is -3.74. The molecule has 0 radical (unpaired) electrons. The van der Waals surface area contributed by atoms with Crippen LogP contribution in [0.25, 0.3) is 34.4 Å². The number of hydrogen-bond donors (Lipinski definition) is 1. The molecule has 1 aliphatic rings. The fraction of sp³-hybridized carbons (Fsp3) is 0.188. The molecule has 38 heavy (non-hydrogen) atoms. The van der Waals surface area contributed by atoms with Crippen LogP contribution in [0.4, 0.5) is 17.6 Å². The average molecular weight is 519 g/mol. The zero-order valence-electron chi connectivity index (χ0n) is 20.7. The molecule has 6 heteroatoms. The molecule has 1 N–H and O–H groups in total. The van der Waals surface area contributed by atoms with Crippen molar-refractivity contribution < 1.29 is 27.4 Å². The van der Waals surface area contributed by atoms with E-state index in [1.54, 1.807) is 54.6 Å². The van der Waals surface area contributed by atoms with Crippen LogP contribution in [0.1, 0.15) is 54.2 Å². The fourth-order valence-electron chi connectivity index (χ4n) is 4.46. The van der Waals surface area contributed by atoms with Crippen LogP contribution >= 0.6 is 0 Å². The van der Waals surface area contributed by atoms with E-state index < -0.39 is 29.4 Å². The third-order valence-corrected chi connectivity index (χ3v) is 6.75. The van der Waals surface area contributed by atoms with Crippen molar-refractivity contribution in [2.24, 2.45) is 0 Å². The third-order valence-electron chi connectivity index (χ3n) is 6.75. The number of halogens is 4. The molecule has 2 atom stereocenters. The molecule has 2 nitrogen and oxygen atoms in total. The molecule has 4 aromatic carbocycles. The number of aliphatic hydroxyl groups is 1. The molecule has 0 bridgehead atoms. The summed E-state index contributed by atoms with van der Waals surface area (Å²) in [6, 6.07) is 19.6. The van der Waals surface area contributed by atoms with E-state index in [9.17, 15) is 13.9 Å². The van der Waals surface area contributed by atoms with E-state index in [4.69, 9.17) is 4.74 Å². The van der Waals surface area contributed by atoms with Crippen LogP contribution in [0.3, 0.4) is 0 Å². The number of benzene rings is 4. The molecular weight excluding hydrogens is 492 g/mol. The van der Waals surface area contributed by atoms with Crippen LogP contribution < -0.4 is 0 Å². The van der Waals surface area contributed by atoms with Gasteiger partial charge in [0.25, 0.3) is 0 Å². The molecule has 4 aromatic rings. The molecule has 0 aliphatic carbocycles. The number of aliphatic hydroxyl groups excluding tert-OH is 1. The Labute approximate surface area is 218 Å².